The molecule has 2 N–H and O–H groups in total. The van der Waals surface area contributed by atoms with Gasteiger partial charge in [0.05, 0.1) is 0 Å². The lowest BCUT2D eigenvalue weighted by molar-refractivity contribution is -0.131. The molecule has 1 aromatic heterocycles. The van der Waals surface area contributed by atoms with E-state index in [1.54, 1.807) is 30.3 Å². The minimum Gasteiger partial charge on any atom is -0.478 e. The Hall–Kier alpha value is -3.02. The molecule has 2 rings (SSSR count). The summed E-state index contributed by atoms with van der Waals surface area (Å²) >= 11 is 0. The molecule has 1 aromatic carbocycles. The molecule has 0 atom stereocenters. The van der Waals surface area contributed by atoms with Gasteiger partial charge in [-0.3, -0.25) is 4.79 Å². The van der Waals surface area contributed by atoms with Crippen LogP contribution in [-0.2, 0) is 4.79 Å². The van der Waals surface area contributed by atoms with Crippen molar-refractivity contribution in [2.24, 2.45) is 0 Å². The summed E-state index contributed by atoms with van der Waals surface area (Å²) in [6, 6.07) is 8.34. The van der Waals surface area contributed by atoms with Crippen LogP contribution < -0.4 is 5.32 Å². The standard InChI is InChI=1S/C15H13N3O3/c1-10-4-5-12(9-11(10)6-7-14(19)20)15(21)17-13-3-2-8-16-18-13/h2-9H,1H3,(H,19,20)(H,17,18,21)/b7-6+. The second-order valence-electron chi connectivity index (χ2n) is 4.31. The van der Waals surface area contributed by atoms with Gasteiger partial charge in [-0.05, 0) is 48.4 Å². The van der Waals surface area contributed by atoms with Crippen LogP contribution in [0.4, 0.5) is 5.82 Å². The number of carboxylic acids is 1. The fourth-order valence-corrected chi connectivity index (χ4v) is 1.68. The Balaban J connectivity index is 2.22. The average molecular weight is 283 g/mol. The highest BCUT2D eigenvalue weighted by atomic mass is 16.4. The third kappa shape index (κ3) is 3.97. The molecule has 0 spiro atoms. The first-order chi connectivity index (χ1) is 10.1. The zero-order valence-electron chi connectivity index (χ0n) is 11.3. The van der Waals surface area contributed by atoms with Crippen molar-refractivity contribution in [3.63, 3.8) is 0 Å². The topological polar surface area (TPSA) is 92.2 Å². The number of carbonyl (C=O) groups excluding carboxylic acids is 1. The van der Waals surface area contributed by atoms with Crippen molar-refractivity contribution in [2.45, 2.75) is 6.92 Å². The molecule has 0 aliphatic heterocycles. The number of hydrogen-bond acceptors (Lipinski definition) is 4. The molecular weight excluding hydrogens is 270 g/mol. The van der Waals surface area contributed by atoms with Crippen LogP contribution in [-0.4, -0.2) is 27.2 Å². The van der Waals surface area contributed by atoms with E-state index in [-0.39, 0.29) is 5.91 Å². The predicted molar refractivity (Wildman–Crippen MR) is 77.8 cm³/mol. The Morgan fingerprint density at radius 2 is 2.10 bits per heavy atom. The Bertz CT molecular complexity index is 697. The number of benzene rings is 1. The molecule has 0 saturated heterocycles. The van der Waals surface area contributed by atoms with Crippen LogP contribution in [0.5, 0.6) is 0 Å². The Labute approximate surface area is 121 Å². The van der Waals surface area contributed by atoms with Crippen molar-refractivity contribution >= 4 is 23.8 Å². The van der Waals surface area contributed by atoms with E-state index in [9.17, 15) is 9.59 Å². The lowest BCUT2D eigenvalue weighted by atomic mass is 10.0. The van der Waals surface area contributed by atoms with Crippen molar-refractivity contribution in [1.29, 1.82) is 0 Å². The van der Waals surface area contributed by atoms with Gasteiger partial charge in [-0.15, -0.1) is 5.10 Å². The molecule has 1 heterocycles. The quantitative estimate of drug-likeness (QED) is 0.839. The second-order valence-corrected chi connectivity index (χ2v) is 4.31. The molecule has 0 bridgehead atoms. The van der Waals surface area contributed by atoms with Gasteiger partial charge in [0.2, 0.25) is 0 Å². The van der Waals surface area contributed by atoms with Crippen LogP contribution in [0.15, 0.2) is 42.6 Å². The number of nitrogens with zero attached hydrogens (tertiary/aromatic N) is 2. The highest BCUT2D eigenvalue weighted by Gasteiger charge is 2.08. The highest BCUT2D eigenvalue weighted by Crippen LogP contribution is 2.14. The summed E-state index contributed by atoms with van der Waals surface area (Å²) in [5, 5.41) is 18.7. The summed E-state index contributed by atoms with van der Waals surface area (Å²) in [5.41, 5.74) is 1.96. The molecular formula is C15H13N3O3. The lowest BCUT2D eigenvalue weighted by Crippen LogP contribution is -2.13. The molecule has 0 fully saturated rings. The van der Waals surface area contributed by atoms with Crippen molar-refractivity contribution in [1.82, 2.24) is 10.2 Å². The van der Waals surface area contributed by atoms with Gasteiger partial charge in [0.15, 0.2) is 5.82 Å². The van der Waals surface area contributed by atoms with Crippen molar-refractivity contribution < 1.29 is 14.7 Å². The fourth-order valence-electron chi connectivity index (χ4n) is 1.68. The molecule has 0 unspecified atom stereocenters. The van der Waals surface area contributed by atoms with E-state index in [0.29, 0.717) is 16.9 Å². The number of carbonyl (C=O) groups is 2. The van der Waals surface area contributed by atoms with E-state index in [0.717, 1.165) is 11.6 Å². The maximum atomic E-state index is 12.1. The SMILES string of the molecule is Cc1ccc(C(=O)Nc2cccnn2)cc1/C=C/C(=O)O. The monoisotopic (exact) mass is 283 g/mol. The van der Waals surface area contributed by atoms with Crippen LogP contribution in [0.2, 0.25) is 0 Å². The molecule has 6 nitrogen and oxygen atoms in total. The molecule has 2 aromatic rings. The number of aliphatic carboxylic acids is 1. The van der Waals surface area contributed by atoms with Crippen molar-refractivity contribution in [3.05, 3.63) is 59.3 Å². The van der Waals surface area contributed by atoms with E-state index in [1.165, 1.54) is 12.3 Å². The van der Waals surface area contributed by atoms with E-state index in [4.69, 9.17) is 5.11 Å². The van der Waals surface area contributed by atoms with Crippen molar-refractivity contribution in [2.75, 3.05) is 5.32 Å². The smallest absolute Gasteiger partial charge is 0.328 e. The number of nitrogens with one attached hydrogen (secondary N) is 1. The summed E-state index contributed by atoms with van der Waals surface area (Å²) in [6.07, 6.45) is 4.00. The Kier molecular flexibility index (Phi) is 4.40. The molecule has 0 aliphatic carbocycles. The van der Waals surface area contributed by atoms with Crippen LogP contribution in [0.1, 0.15) is 21.5 Å². The van der Waals surface area contributed by atoms with E-state index in [2.05, 4.69) is 15.5 Å². The highest BCUT2D eigenvalue weighted by molar-refractivity contribution is 6.04. The average Bonchev–Trinajstić information content (AvgIpc) is 2.47. The van der Waals surface area contributed by atoms with Crippen LogP contribution in [0.3, 0.4) is 0 Å². The van der Waals surface area contributed by atoms with E-state index >= 15 is 0 Å². The van der Waals surface area contributed by atoms with Gasteiger partial charge in [-0.25, -0.2) is 4.79 Å². The van der Waals surface area contributed by atoms with Gasteiger partial charge < -0.3 is 10.4 Å². The molecule has 21 heavy (non-hydrogen) atoms. The number of amides is 1. The first-order valence-electron chi connectivity index (χ1n) is 6.17. The third-order valence-corrected chi connectivity index (χ3v) is 2.76. The molecule has 106 valence electrons. The zero-order valence-corrected chi connectivity index (χ0v) is 11.3. The Morgan fingerprint density at radius 1 is 1.29 bits per heavy atom. The largest absolute Gasteiger partial charge is 0.478 e. The number of carboxylic acid groups (broad SMARTS) is 1. The molecule has 1 amide bonds. The van der Waals surface area contributed by atoms with Gasteiger partial charge in [0.25, 0.3) is 5.91 Å². The van der Waals surface area contributed by atoms with E-state index in [1.807, 2.05) is 6.92 Å². The summed E-state index contributed by atoms with van der Waals surface area (Å²) in [5.74, 6) is -1.02. The van der Waals surface area contributed by atoms with Crippen LogP contribution >= 0.6 is 0 Å². The van der Waals surface area contributed by atoms with Gasteiger partial charge in [-0.2, -0.15) is 5.10 Å². The van der Waals surface area contributed by atoms with Crippen LogP contribution in [0.25, 0.3) is 6.08 Å². The van der Waals surface area contributed by atoms with Gasteiger partial charge in [0, 0.05) is 17.8 Å². The van der Waals surface area contributed by atoms with Gasteiger partial charge >= 0.3 is 5.97 Å². The summed E-state index contributed by atoms with van der Waals surface area (Å²) in [7, 11) is 0. The lowest BCUT2D eigenvalue weighted by Gasteiger charge is -2.06. The molecule has 0 aliphatic rings. The minimum atomic E-state index is -1.04. The first kappa shape index (κ1) is 14.4. The summed E-state index contributed by atoms with van der Waals surface area (Å²) in [4.78, 5) is 22.7. The fraction of sp³-hybridized carbons (Fsp3) is 0.0667. The number of anilines is 1. The summed E-state index contributed by atoms with van der Waals surface area (Å²) < 4.78 is 0. The first-order valence-corrected chi connectivity index (χ1v) is 6.17. The van der Waals surface area contributed by atoms with Crippen molar-refractivity contribution in [3.8, 4) is 0 Å². The maximum absolute atomic E-state index is 12.1. The Morgan fingerprint density at radius 3 is 2.76 bits per heavy atom. The summed E-state index contributed by atoms with van der Waals surface area (Å²) in [6.45, 7) is 1.84. The minimum absolute atomic E-state index is 0.333. The number of rotatable bonds is 4. The molecule has 0 radical (unpaired) electrons. The van der Waals surface area contributed by atoms with Gasteiger partial charge in [0.1, 0.15) is 0 Å². The molecule has 0 saturated carbocycles. The van der Waals surface area contributed by atoms with E-state index < -0.39 is 5.97 Å². The number of hydrogen-bond donors (Lipinski definition) is 2. The molecule has 6 heteroatoms. The normalized spacial score (nSPS) is 10.5. The third-order valence-electron chi connectivity index (χ3n) is 2.76. The number of aromatic nitrogens is 2. The maximum Gasteiger partial charge on any atom is 0.328 e. The number of aryl methyl sites for hydroxylation is 1. The predicted octanol–water partition coefficient (Wildman–Crippen LogP) is 2.14. The zero-order chi connectivity index (χ0) is 15.2. The van der Waals surface area contributed by atoms with Crippen LogP contribution in [0, 0.1) is 6.92 Å². The van der Waals surface area contributed by atoms with Gasteiger partial charge in [-0.1, -0.05) is 6.07 Å². The second kappa shape index (κ2) is 6.42.